The highest BCUT2D eigenvalue weighted by molar-refractivity contribution is 7.13. The summed E-state index contributed by atoms with van der Waals surface area (Å²) in [5, 5.41) is 23.5. The number of nitrogens with zero attached hydrogens (tertiary/aromatic N) is 3. The van der Waals surface area contributed by atoms with Crippen LogP contribution in [0.4, 0.5) is 11.4 Å². The summed E-state index contributed by atoms with van der Waals surface area (Å²) in [7, 11) is 1.56. The van der Waals surface area contributed by atoms with Crippen LogP contribution in [0.1, 0.15) is 29.3 Å². The van der Waals surface area contributed by atoms with E-state index in [-0.39, 0.29) is 17.1 Å². The summed E-state index contributed by atoms with van der Waals surface area (Å²) in [6.07, 6.45) is -0.799. The quantitative estimate of drug-likeness (QED) is 0.394. The lowest BCUT2D eigenvalue weighted by Gasteiger charge is -2.10. The van der Waals surface area contributed by atoms with Gasteiger partial charge in [-0.05, 0) is 30.5 Å². The molecule has 0 saturated carbocycles. The molecule has 0 aliphatic rings. The van der Waals surface area contributed by atoms with Crippen molar-refractivity contribution in [3.63, 3.8) is 0 Å². The molecular formula is C16H14N4O5S. The molecule has 0 spiro atoms. The van der Waals surface area contributed by atoms with Gasteiger partial charge in [-0.1, -0.05) is 6.07 Å². The second kappa shape index (κ2) is 7.31. The lowest BCUT2D eigenvalue weighted by atomic mass is 10.1. The van der Waals surface area contributed by atoms with Crippen LogP contribution < -0.4 is 5.32 Å². The summed E-state index contributed by atoms with van der Waals surface area (Å²) >= 11 is 1.45. The average molecular weight is 374 g/mol. The molecule has 1 N–H and O–H groups in total. The molecule has 1 atom stereocenters. The van der Waals surface area contributed by atoms with Gasteiger partial charge in [-0.15, -0.1) is 21.5 Å². The third kappa shape index (κ3) is 3.54. The third-order valence-corrected chi connectivity index (χ3v) is 4.36. The number of anilines is 1. The van der Waals surface area contributed by atoms with Gasteiger partial charge in [-0.25, -0.2) is 4.79 Å². The van der Waals surface area contributed by atoms with Crippen molar-refractivity contribution in [3.05, 3.63) is 57.3 Å². The molecule has 2 heterocycles. The fourth-order valence-electron chi connectivity index (χ4n) is 2.20. The van der Waals surface area contributed by atoms with E-state index in [1.807, 2.05) is 17.5 Å². The molecule has 0 bridgehead atoms. The van der Waals surface area contributed by atoms with Crippen molar-refractivity contribution in [2.24, 2.45) is 0 Å². The van der Waals surface area contributed by atoms with Gasteiger partial charge in [0, 0.05) is 13.1 Å². The number of carbonyl (C=O) groups excluding carboxylic acids is 1. The van der Waals surface area contributed by atoms with Crippen LogP contribution >= 0.6 is 11.3 Å². The first-order chi connectivity index (χ1) is 12.5. The standard InChI is InChI=1S/C16H14N4O5S/c1-9(14-18-19-15(25-14)13-4-3-7-26-13)24-16(21)10-5-6-11(17-2)12(8-10)20(22)23/h3-9,17H,1-2H3/t9-/m0/s1. The van der Waals surface area contributed by atoms with Crippen LogP contribution in [0, 0.1) is 10.1 Å². The number of ether oxygens (including phenoxy) is 1. The zero-order valence-corrected chi connectivity index (χ0v) is 14.6. The first-order valence-corrected chi connectivity index (χ1v) is 8.42. The maximum atomic E-state index is 12.3. The van der Waals surface area contributed by atoms with E-state index < -0.39 is 17.0 Å². The minimum absolute atomic E-state index is 0.0561. The summed E-state index contributed by atoms with van der Waals surface area (Å²) in [5.74, 6) is -0.242. The molecule has 0 aliphatic heterocycles. The van der Waals surface area contributed by atoms with Crippen LogP contribution in [0.5, 0.6) is 0 Å². The third-order valence-electron chi connectivity index (χ3n) is 3.50. The first kappa shape index (κ1) is 17.5. The monoisotopic (exact) mass is 374 g/mol. The van der Waals surface area contributed by atoms with Gasteiger partial charge < -0.3 is 14.5 Å². The van der Waals surface area contributed by atoms with Crippen LogP contribution in [-0.2, 0) is 4.74 Å². The molecule has 0 radical (unpaired) electrons. The van der Waals surface area contributed by atoms with Crippen molar-refractivity contribution in [2.45, 2.75) is 13.0 Å². The molecule has 2 aromatic heterocycles. The number of nitro benzene ring substituents is 1. The van der Waals surface area contributed by atoms with E-state index in [0.717, 1.165) is 10.9 Å². The number of nitro groups is 1. The number of hydrogen-bond acceptors (Lipinski definition) is 9. The summed E-state index contributed by atoms with van der Waals surface area (Å²) in [6.45, 7) is 1.58. The zero-order valence-electron chi connectivity index (χ0n) is 13.8. The molecule has 3 aromatic rings. The van der Waals surface area contributed by atoms with Gasteiger partial charge in [0.2, 0.25) is 0 Å². The predicted molar refractivity (Wildman–Crippen MR) is 94.1 cm³/mol. The van der Waals surface area contributed by atoms with Gasteiger partial charge in [0.25, 0.3) is 17.5 Å². The van der Waals surface area contributed by atoms with E-state index in [1.54, 1.807) is 14.0 Å². The minimum Gasteiger partial charge on any atom is -0.449 e. The molecule has 26 heavy (non-hydrogen) atoms. The molecule has 9 nitrogen and oxygen atoms in total. The van der Waals surface area contributed by atoms with Gasteiger partial charge in [-0.2, -0.15) is 0 Å². The van der Waals surface area contributed by atoms with Crippen LogP contribution in [0.25, 0.3) is 10.8 Å². The first-order valence-electron chi connectivity index (χ1n) is 7.54. The fraction of sp³-hybridized carbons (Fsp3) is 0.188. The maximum Gasteiger partial charge on any atom is 0.339 e. The van der Waals surface area contributed by atoms with Crippen LogP contribution in [0.15, 0.2) is 40.1 Å². The largest absolute Gasteiger partial charge is 0.449 e. The lowest BCUT2D eigenvalue weighted by Crippen LogP contribution is -2.10. The van der Waals surface area contributed by atoms with Crippen molar-refractivity contribution in [1.29, 1.82) is 0 Å². The normalized spacial score (nSPS) is 11.8. The summed E-state index contributed by atoms with van der Waals surface area (Å²) in [5.41, 5.74) is 0.144. The maximum absolute atomic E-state index is 12.3. The Morgan fingerprint density at radius 3 is 2.85 bits per heavy atom. The van der Waals surface area contributed by atoms with Gasteiger partial charge in [0.05, 0.1) is 15.4 Å². The van der Waals surface area contributed by atoms with Crippen molar-refractivity contribution in [1.82, 2.24) is 10.2 Å². The number of thiophene rings is 1. The van der Waals surface area contributed by atoms with Crippen molar-refractivity contribution < 1.29 is 18.9 Å². The van der Waals surface area contributed by atoms with Crippen molar-refractivity contribution in [2.75, 3.05) is 12.4 Å². The summed E-state index contributed by atoms with van der Waals surface area (Å²) < 4.78 is 10.8. The number of carbonyl (C=O) groups is 1. The molecule has 0 saturated heterocycles. The number of nitrogens with one attached hydrogen (secondary N) is 1. The van der Waals surface area contributed by atoms with E-state index in [1.165, 1.54) is 23.5 Å². The molecule has 10 heteroatoms. The second-order valence-electron chi connectivity index (χ2n) is 5.21. The lowest BCUT2D eigenvalue weighted by molar-refractivity contribution is -0.384. The van der Waals surface area contributed by atoms with E-state index >= 15 is 0 Å². The average Bonchev–Trinajstić information content (AvgIpc) is 3.32. The van der Waals surface area contributed by atoms with Gasteiger partial charge in [0.15, 0.2) is 6.10 Å². The number of esters is 1. The SMILES string of the molecule is CNc1ccc(C(=O)O[C@@H](C)c2nnc(-c3cccs3)o2)cc1[N+](=O)[O-]. The van der Waals surface area contributed by atoms with E-state index in [0.29, 0.717) is 11.6 Å². The molecule has 3 rings (SSSR count). The molecule has 0 aliphatic carbocycles. The van der Waals surface area contributed by atoms with Crippen molar-refractivity contribution >= 4 is 28.7 Å². The molecule has 0 amide bonds. The summed E-state index contributed by atoms with van der Waals surface area (Å²) in [4.78, 5) is 23.6. The summed E-state index contributed by atoms with van der Waals surface area (Å²) in [6, 6.07) is 7.74. The molecular weight excluding hydrogens is 360 g/mol. The number of rotatable bonds is 6. The van der Waals surface area contributed by atoms with E-state index in [2.05, 4.69) is 15.5 Å². The molecule has 0 unspecified atom stereocenters. The zero-order chi connectivity index (χ0) is 18.7. The minimum atomic E-state index is -0.799. The predicted octanol–water partition coefficient (Wildman–Crippen LogP) is 3.67. The highest BCUT2D eigenvalue weighted by Crippen LogP contribution is 2.28. The Bertz CT molecular complexity index is 938. The molecule has 1 aromatic carbocycles. The Kier molecular flexibility index (Phi) is 4.94. The van der Waals surface area contributed by atoms with Gasteiger partial charge >= 0.3 is 5.97 Å². The number of hydrogen-bond donors (Lipinski definition) is 1. The second-order valence-corrected chi connectivity index (χ2v) is 6.16. The number of benzene rings is 1. The van der Waals surface area contributed by atoms with Gasteiger partial charge in [0.1, 0.15) is 5.69 Å². The van der Waals surface area contributed by atoms with Crippen molar-refractivity contribution in [3.8, 4) is 10.8 Å². The van der Waals surface area contributed by atoms with E-state index in [9.17, 15) is 14.9 Å². The topological polar surface area (TPSA) is 120 Å². The fourth-order valence-corrected chi connectivity index (χ4v) is 2.84. The van der Waals surface area contributed by atoms with Crippen LogP contribution in [-0.4, -0.2) is 28.1 Å². The Morgan fingerprint density at radius 2 is 2.19 bits per heavy atom. The van der Waals surface area contributed by atoms with Crippen LogP contribution in [0.2, 0.25) is 0 Å². The Morgan fingerprint density at radius 1 is 1.38 bits per heavy atom. The molecule has 0 fully saturated rings. The highest BCUT2D eigenvalue weighted by atomic mass is 32.1. The Hall–Kier alpha value is -3.27. The van der Waals surface area contributed by atoms with Gasteiger partial charge in [-0.3, -0.25) is 10.1 Å². The highest BCUT2D eigenvalue weighted by Gasteiger charge is 2.22. The Balaban J connectivity index is 1.75. The van der Waals surface area contributed by atoms with E-state index in [4.69, 9.17) is 9.15 Å². The molecule has 134 valence electrons. The Labute approximate surface area is 151 Å². The smallest absolute Gasteiger partial charge is 0.339 e. The van der Waals surface area contributed by atoms with Crippen LogP contribution in [0.3, 0.4) is 0 Å². The number of aromatic nitrogens is 2.